The fraction of sp³-hybridized carbons (Fsp3) is 0.381. The molecule has 0 aliphatic carbocycles. The molecule has 3 rings (SSSR count). The van der Waals surface area contributed by atoms with Gasteiger partial charge in [0.1, 0.15) is 11.5 Å². The molecule has 1 heterocycles. The number of nitrogens with zero attached hydrogens (tertiary/aromatic N) is 1. The molecule has 1 N–H and O–H groups in total. The van der Waals surface area contributed by atoms with Crippen molar-refractivity contribution in [1.29, 1.82) is 0 Å². The minimum Gasteiger partial charge on any atom is -0.457 e. The molecular formula is C21H26N2O3. The van der Waals surface area contributed by atoms with E-state index >= 15 is 0 Å². The molecule has 5 heteroatoms. The van der Waals surface area contributed by atoms with Gasteiger partial charge in [0.25, 0.3) is 5.91 Å². The lowest BCUT2D eigenvalue weighted by Crippen LogP contribution is -2.43. The van der Waals surface area contributed by atoms with Gasteiger partial charge in [0, 0.05) is 31.8 Å². The van der Waals surface area contributed by atoms with Crippen LogP contribution in [0, 0.1) is 0 Å². The molecule has 1 saturated heterocycles. The van der Waals surface area contributed by atoms with Crippen molar-refractivity contribution < 1.29 is 14.3 Å². The quantitative estimate of drug-likeness (QED) is 0.865. The fourth-order valence-corrected chi connectivity index (χ4v) is 3.18. The molecule has 1 aliphatic rings. The summed E-state index contributed by atoms with van der Waals surface area (Å²) in [5.74, 6) is 1.27. The highest BCUT2D eigenvalue weighted by molar-refractivity contribution is 5.94. The van der Waals surface area contributed by atoms with Crippen LogP contribution >= 0.6 is 0 Å². The van der Waals surface area contributed by atoms with Crippen LogP contribution in [0.5, 0.6) is 11.5 Å². The van der Waals surface area contributed by atoms with Crippen LogP contribution in [0.3, 0.4) is 0 Å². The first kappa shape index (κ1) is 18.4. The SMILES string of the molecule is CO[C@@H]1CN(C(C)C)C[C@H]1NC(=O)c1cccc(Oc2ccccc2)c1. The van der Waals surface area contributed by atoms with Crippen molar-refractivity contribution in [3.8, 4) is 11.5 Å². The Bertz CT molecular complexity index is 733. The number of nitrogens with one attached hydrogen (secondary N) is 1. The van der Waals surface area contributed by atoms with Gasteiger partial charge < -0.3 is 14.8 Å². The maximum atomic E-state index is 12.7. The van der Waals surface area contributed by atoms with Gasteiger partial charge in [-0.2, -0.15) is 0 Å². The van der Waals surface area contributed by atoms with Crippen molar-refractivity contribution >= 4 is 5.91 Å². The summed E-state index contributed by atoms with van der Waals surface area (Å²) >= 11 is 0. The smallest absolute Gasteiger partial charge is 0.251 e. The normalized spacial score (nSPS) is 20.3. The Labute approximate surface area is 154 Å². The van der Waals surface area contributed by atoms with Gasteiger partial charge in [-0.15, -0.1) is 0 Å². The predicted molar refractivity (Wildman–Crippen MR) is 102 cm³/mol. The maximum Gasteiger partial charge on any atom is 0.251 e. The third kappa shape index (κ3) is 4.42. The van der Waals surface area contributed by atoms with Gasteiger partial charge in [0.05, 0.1) is 12.1 Å². The molecule has 5 nitrogen and oxygen atoms in total. The molecule has 1 aliphatic heterocycles. The van der Waals surface area contributed by atoms with Crippen LogP contribution in [0.2, 0.25) is 0 Å². The fourth-order valence-electron chi connectivity index (χ4n) is 3.18. The van der Waals surface area contributed by atoms with E-state index in [2.05, 4.69) is 24.1 Å². The summed E-state index contributed by atoms with van der Waals surface area (Å²) in [6.07, 6.45) is 0.00472. The van der Waals surface area contributed by atoms with Gasteiger partial charge >= 0.3 is 0 Å². The molecule has 2 aromatic carbocycles. The Morgan fingerprint density at radius 3 is 2.50 bits per heavy atom. The number of methoxy groups -OCH3 is 1. The summed E-state index contributed by atoms with van der Waals surface area (Å²) in [4.78, 5) is 15.0. The number of rotatable bonds is 6. The van der Waals surface area contributed by atoms with Gasteiger partial charge in [-0.3, -0.25) is 9.69 Å². The zero-order valence-corrected chi connectivity index (χ0v) is 15.5. The lowest BCUT2D eigenvalue weighted by molar-refractivity contribution is 0.0753. The van der Waals surface area contributed by atoms with E-state index in [1.54, 1.807) is 19.2 Å². The van der Waals surface area contributed by atoms with Crippen LogP contribution in [0.1, 0.15) is 24.2 Å². The highest BCUT2D eigenvalue weighted by Crippen LogP contribution is 2.22. The third-order valence-corrected chi connectivity index (χ3v) is 4.72. The molecule has 0 aromatic heterocycles. The molecule has 0 spiro atoms. The minimum absolute atomic E-state index is 0.00472. The van der Waals surface area contributed by atoms with Gasteiger partial charge in [-0.25, -0.2) is 0 Å². The molecule has 1 fully saturated rings. The molecule has 1 amide bonds. The number of para-hydroxylation sites is 1. The van der Waals surface area contributed by atoms with Crippen molar-refractivity contribution in [2.45, 2.75) is 32.0 Å². The lowest BCUT2D eigenvalue weighted by atomic mass is 10.1. The second kappa shape index (κ2) is 8.34. The molecule has 0 unspecified atom stereocenters. The Balaban J connectivity index is 1.67. The standard InChI is InChI=1S/C21H26N2O3/c1-15(2)23-13-19(20(14-23)25-3)22-21(24)16-8-7-11-18(12-16)26-17-9-5-4-6-10-17/h4-12,15,19-20H,13-14H2,1-3H3,(H,22,24)/t19-,20-/m1/s1. The average Bonchev–Trinajstić information content (AvgIpc) is 3.06. The van der Waals surface area contributed by atoms with Gasteiger partial charge in [-0.05, 0) is 44.2 Å². The zero-order chi connectivity index (χ0) is 18.5. The first-order valence-electron chi connectivity index (χ1n) is 8.97. The van der Waals surface area contributed by atoms with Crippen molar-refractivity contribution in [2.24, 2.45) is 0 Å². The number of likely N-dealkylation sites (tertiary alicyclic amines) is 1. The monoisotopic (exact) mass is 354 g/mol. The molecule has 2 aromatic rings. The number of ether oxygens (including phenoxy) is 2. The summed E-state index contributed by atoms with van der Waals surface area (Å²) in [7, 11) is 1.70. The van der Waals surface area contributed by atoms with Crippen molar-refractivity contribution in [1.82, 2.24) is 10.2 Å². The van der Waals surface area contributed by atoms with E-state index in [9.17, 15) is 4.79 Å². The van der Waals surface area contributed by atoms with E-state index in [-0.39, 0.29) is 18.1 Å². The first-order chi connectivity index (χ1) is 12.6. The van der Waals surface area contributed by atoms with Crippen LogP contribution in [0.25, 0.3) is 0 Å². The second-order valence-electron chi connectivity index (χ2n) is 6.84. The number of carbonyl (C=O) groups excluding carboxylic acids is 1. The lowest BCUT2D eigenvalue weighted by Gasteiger charge is -2.20. The van der Waals surface area contributed by atoms with E-state index in [4.69, 9.17) is 9.47 Å². The van der Waals surface area contributed by atoms with Crippen LogP contribution in [0.15, 0.2) is 54.6 Å². The number of hydrogen-bond acceptors (Lipinski definition) is 4. The number of amides is 1. The van der Waals surface area contributed by atoms with Gasteiger partial charge in [-0.1, -0.05) is 24.3 Å². The van der Waals surface area contributed by atoms with E-state index in [0.29, 0.717) is 17.4 Å². The minimum atomic E-state index is -0.110. The summed E-state index contributed by atoms with van der Waals surface area (Å²) in [6.45, 7) is 5.93. The molecule has 0 radical (unpaired) electrons. The highest BCUT2D eigenvalue weighted by atomic mass is 16.5. The number of carbonyl (C=O) groups is 1. The largest absolute Gasteiger partial charge is 0.457 e. The third-order valence-electron chi connectivity index (χ3n) is 4.72. The molecule has 26 heavy (non-hydrogen) atoms. The molecule has 0 bridgehead atoms. The molecular weight excluding hydrogens is 328 g/mol. The van der Waals surface area contributed by atoms with Gasteiger partial charge in [0.2, 0.25) is 0 Å². The Morgan fingerprint density at radius 2 is 1.81 bits per heavy atom. The van der Waals surface area contributed by atoms with Crippen LogP contribution < -0.4 is 10.1 Å². The van der Waals surface area contributed by atoms with Crippen molar-refractivity contribution in [3.63, 3.8) is 0 Å². The molecule has 2 atom stereocenters. The van der Waals surface area contributed by atoms with Crippen molar-refractivity contribution in [3.05, 3.63) is 60.2 Å². The Kier molecular flexibility index (Phi) is 5.91. The average molecular weight is 354 g/mol. The van der Waals surface area contributed by atoms with E-state index in [0.717, 1.165) is 18.8 Å². The second-order valence-corrected chi connectivity index (χ2v) is 6.84. The van der Waals surface area contributed by atoms with E-state index < -0.39 is 0 Å². The van der Waals surface area contributed by atoms with Gasteiger partial charge in [0.15, 0.2) is 0 Å². The first-order valence-corrected chi connectivity index (χ1v) is 8.97. The number of hydrogen-bond donors (Lipinski definition) is 1. The van der Waals surface area contributed by atoms with Crippen LogP contribution in [-0.2, 0) is 4.74 Å². The topological polar surface area (TPSA) is 50.8 Å². The van der Waals surface area contributed by atoms with Crippen LogP contribution in [0.4, 0.5) is 0 Å². The maximum absolute atomic E-state index is 12.7. The summed E-state index contributed by atoms with van der Waals surface area (Å²) in [5.41, 5.74) is 0.580. The van der Waals surface area contributed by atoms with E-state index in [1.165, 1.54) is 0 Å². The summed E-state index contributed by atoms with van der Waals surface area (Å²) in [5, 5.41) is 3.11. The van der Waals surface area contributed by atoms with Crippen molar-refractivity contribution in [2.75, 3.05) is 20.2 Å². The summed E-state index contributed by atoms with van der Waals surface area (Å²) in [6, 6.07) is 17.2. The summed E-state index contributed by atoms with van der Waals surface area (Å²) < 4.78 is 11.4. The van der Waals surface area contributed by atoms with Crippen LogP contribution in [-0.4, -0.2) is 49.2 Å². The van der Waals surface area contributed by atoms with E-state index in [1.807, 2.05) is 42.5 Å². The molecule has 138 valence electrons. The number of benzene rings is 2. The zero-order valence-electron chi connectivity index (χ0n) is 15.5. The Hall–Kier alpha value is -2.37. The molecule has 0 saturated carbocycles. The predicted octanol–water partition coefficient (Wildman–Crippen LogP) is 3.32. The Morgan fingerprint density at radius 1 is 1.08 bits per heavy atom. The highest BCUT2D eigenvalue weighted by Gasteiger charge is 2.35.